The average molecular weight is 380 g/mol. The number of non-ortho nitro benzene ring substituents is 1. The quantitative estimate of drug-likeness (QED) is 0.572. The Morgan fingerprint density at radius 2 is 1.57 bits per heavy atom. The molecule has 0 aliphatic heterocycles. The minimum atomic E-state index is -0.561. The topological polar surface area (TPSA) is 120 Å². The first-order chi connectivity index (χ1) is 13.2. The number of carbonyl (C=O) groups excluding carboxylic acids is 2. The zero-order chi connectivity index (χ0) is 20.3. The predicted octanol–water partition coefficient (Wildman–Crippen LogP) is 4.04. The average Bonchev–Trinajstić information content (AvgIpc) is 2.61. The van der Waals surface area contributed by atoms with Crippen LogP contribution in [0.15, 0.2) is 24.3 Å². The number of nitro benzene ring substituents is 2. The molecule has 0 amide bonds. The predicted molar refractivity (Wildman–Crippen MR) is 98.9 cm³/mol. The lowest BCUT2D eigenvalue weighted by Gasteiger charge is -2.38. The number of ketones is 2. The maximum absolute atomic E-state index is 12.8. The second kappa shape index (κ2) is 6.05. The zero-order valence-electron chi connectivity index (χ0n) is 15.2. The van der Waals surface area contributed by atoms with Gasteiger partial charge in [0.25, 0.3) is 11.4 Å². The first kappa shape index (κ1) is 18.0. The van der Waals surface area contributed by atoms with Crippen molar-refractivity contribution >= 4 is 22.9 Å². The van der Waals surface area contributed by atoms with Gasteiger partial charge in [-0.05, 0) is 42.0 Å². The summed E-state index contributed by atoms with van der Waals surface area (Å²) in [6.07, 6.45) is 0.134. The van der Waals surface area contributed by atoms with Crippen LogP contribution in [0.4, 0.5) is 11.4 Å². The highest BCUT2D eigenvalue weighted by Crippen LogP contribution is 2.51. The van der Waals surface area contributed by atoms with Crippen molar-refractivity contribution in [1.29, 1.82) is 0 Å². The SMILES string of the molecule is Cc1cc([N+](=O)[O-])cc2c1[C@H]1c3c(C)ccc([N+](=O)[O-])c3C(=O)C[C@@H]1CC2=O. The Morgan fingerprint density at radius 3 is 2.21 bits per heavy atom. The van der Waals surface area contributed by atoms with Crippen molar-refractivity contribution in [3.05, 3.63) is 77.9 Å². The summed E-state index contributed by atoms with van der Waals surface area (Å²) in [6.45, 7) is 3.49. The summed E-state index contributed by atoms with van der Waals surface area (Å²) in [5.41, 5.74) is 2.52. The standard InChI is InChI=1S/C20H16N2O6/c1-9-3-4-14(22(27)28)20-16(24)7-11-6-15(23)13-8-12(21(25)26)5-10(2)17(13)19(11)18(9)20/h3-5,8,11,19H,6-7H2,1-2H3/t11-,19-/m0/s1. The van der Waals surface area contributed by atoms with Gasteiger partial charge in [0.05, 0.1) is 15.4 Å². The van der Waals surface area contributed by atoms with Crippen LogP contribution in [0.25, 0.3) is 0 Å². The van der Waals surface area contributed by atoms with E-state index in [1.165, 1.54) is 18.2 Å². The fraction of sp³-hybridized carbons (Fsp3) is 0.300. The molecule has 2 atom stereocenters. The summed E-state index contributed by atoms with van der Waals surface area (Å²) < 4.78 is 0. The van der Waals surface area contributed by atoms with Crippen LogP contribution in [0.3, 0.4) is 0 Å². The highest BCUT2D eigenvalue weighted by Gasteiger charge is 2.45. The summed E-state index contributed by atoms with van der Waals surface area (Å²) in [4.78, 5) is 47.1. The molecule has 0 aromatic heterocycles. The van der Waals surface area contributed by atoms with Gasteiger partial charge >= 0.3 is 0 Å². The van der Waals surface area contributed by atoms with E-state index in [4.69, 9.17) is 0 Å². The Morgan fingerprint density at radius 1 is 0.893 bits per heavy atom. The van der Waals surface area contributed by atoms with Gasteiger partial charge in [-0.15, -0.1) is 0 Å². The van der Waals surface area contributed by atoms with E-state index in [0.29, 0.717) is 16.7 Å². The lowest BCUT2D eigenvalue weighted by Crippen LogP contribution is -2.34. The zero-order valence-corrected chi connectivity index (χ0v) is 15.2. The highest BCUT2D eigenvalue weighted by atomic mass is 16.6. The first-order valence-electron chi connectivity index (χ1n) is 8.84. The van der Waals surface area contributed by atoms with E-state index in [2.05, 4.69) is 0 Å². The molecule has 0 N–H and O–H groups in total. The van der Waals surface area contributed by atoms with Gasteiger partial charge in [0, 0.05) is 42.5 Å². The molecule has 2 aromatic rings. The second-order valence-corrected chi connectivity index (χ2v) is 7.42. The smallest absolute Gasteiger partial charge is 0.280 e. The molecule has 0 unspecified atom stereocenters. The van der Waals surface area contributed by atoms with Gasteiger partial charge in [0.1, 0.15) is 0 Å². The lowest BCUT2D eigenvalue weighted by atomic mass is 9.63. The molecule has 0 radical (unpaired) electrons. The van der Waals surface area contributed by atoms with Crippen molar-refractivity contribution in [1.82, 2.24) is 0 Å². The van der Waals surface area contributed by atoms with E-state index in [1.54, 1.807) is 19.9 Å². The molecule has 28 heavy (non-hydrogen) atoms. The number of aryl methyl sites for hydroxylation is 2. The molecule has 2 aliphatic carbocycles. The minimum absolute atomic E-state index is 0.0452. The summed E-state index contributed by atoms with van der Waals surface area (Å²) in [5, 5.41) is 22.7. The van der Waals surface area contributed by atoms with Crippen LogP contribution in [0.1, 0.15) is 61.7 Å². The second-order valence-electron chi connectivity index (χ2n) is 7.42. The number of carbonyl (C=O) groups is 2. The monoisotopic (exact) mass is 380 g/mol. The number of fused-ring (bicyclic) bond motifs is 5. The molecule has 2 aromatic carbocycles. The van der Waals surface area contributed by atoms with Crippen molar-refractivity contribution in [2.75, 3.05) is 0 Å². The number of hydrogen-bond acceptors (Lipinski definition) is 6. The number of Topliss-reactive ketones (excluding diaryl/α,β-unsaturated/α-hetero) is 2. The largest absolute Gasteiger partial charge is 0.294 e. The van der Waals surface area contributed by atoms with Crippen LogP contribution in [-0.2, 0) is 0 Å². The van der Waals surface area contributed by atoms with Gasteiger partial charge in [-0.1, -0.05) is 6.07 Å². The molecule has 0 spiro atoms. The summed E-state index contributed by atoms with van der Waals surface area (Å²) in [5.74, 6) is -1.24. The van der Waals surface area contributed by atoms with Crippen LogP contribution in [0.5, 0.6) is 0 Å². The van der Waals surface area contributed by atoms with Crippen molar-refractivity contribution in [2.45, 2.75) is 32.6 Å². The Labute approximate surface area is 159 Å². The summed E-state index contributed by atoms with van der Waals surface area (Å²) >= 11 is 0. The number of benzene rings is 2. The lowest BCUT2D eigenvalue weighted by molar-refractivity contribution is -0.385. The van der Waals surface area contributed by atoms with Gasteiger partial charge in [-0.3, -0.25) is 29.8 Å². The van der Waals surface area contributed by atoms with Gasteiger partial charge in [0.15, 0.2) is 11.6 Å². The number of nitrogens with zero attached hydrogens (tertiary/aromatic N) is 2. The van der Waals surface area contributed by atoms with E-state index in [1.807, 2.05) is 0 Å². The van der Waals surface area contributed by atoms with E-state index in [9.17, 15) is 29.8 Å². The number of rotatable bonds is 2. The Hall–Kier alpha value is -3.42. The van der Waals surface area contributed by atoms with Gasteiger partial charge < -0.3 is 0 Å². The fourth-order valence-electron chi connectivity index (χ4n) is 4.70. The van der Waals surface area contributed by atoms with Crippen LogP contribution < -0.4 is 0 Å². The van der Waals surface area contributed by atoms with E-state index in [-0.39, 0.29) is 58.7 Å². The Bertz CT molecular complexity index is 1100. The Balaban J connectivity index is 2.05. The number of nitro groups is 2. The summed E-state index contributed by atoms with van der Waals surface area (Å²) in [7, 11) is 0. The molecule has 0 heterocycles. The first-order valence-corrected chi connectivity index (χ1v) is 8.84. The molecule has 4 rings (SSSR count). The molecular formula is C20H16N2O6. The van der Waals surface area contributed by atoms with E-state index in [0.717, 1.165) is 5.56 Å². The van der Waals surface area contributed by atoms with Crippen molar-refractivity contribution < 1.29 is 19.4 Å². The third kappa shape index (κ3) is 2.45. The van der Waals surface area contributed by atoms with Crippen LogP contribution in [0.2, 0.25) is 0 Å². The molecule has 0 saturated carbocycles. The maximum atomic E-state index is 12.8. The van der Waals surface area contributed by atoms with Crippen LogP contribution >= 0.6 is 0 Å². The van der Waals surface area contributed by atoms with Crippen molar-refractivity contribution in [2.24, 2.45) is 5.92 Å². The molecule has 8 nitrogen and oxygen atoms in total. The highest BCUT2D eigenvalue weighted by molar-refractivity contribution is 6.06. The van der Waals surface area contributed by atoms with Crippen LogP contribution in [0, 0.1) is 40.0 Å². The molecule has 8 heteroatoms. The van der Waals surface area contributed by atoms with Gasteiger partial charge in [-0.2, -0.15) is 0 Å². The van der Waals surface area contributed by atoms with E-state index < -0.39 is 9.85 Å². The number of hydrogen-bond donors (Lipinski definition) is 0. The van der Waals surface area contributed by atoms with Crippen LogP contribution in [-0.4, -0.2) is 21.4 Å². The van der Waals surface area contributed by atoms with Gasteiger partial charge in [0.2, 0.25) is 0 Å². The molecule has 2 aliphatic rings. The molecule has 0 fully saturated rings. The summed E-state index contributed by atoms with van der Waals surface area (Å²) in [6, 6.07) is 5.65. The van der Waals surface area contributed by atoms with Crippen molar-refractivity contribution in [3.8, 4) is 0 Å². The van der Waals surface area contributed by atoms with E-state index >= 15 is 0 Å². The molecule has 142 valence electrons. The molecule has 0 bridgehead atoms. The molecule has 0 saturated heterocycles. The Kier molecular flexibility index (Phi) is 3.88. The fourth-order valence-corrected chi connectivity index (χ4v) is 4.70. The normalized spacial score (nSPS) is 20.2. The third-order valence-corrected chi connectivity index (χ3v) is 5.79. The minimum Gasteiger partial charge on any atom is -0.294 e. The third-order valence-electron chi connectivity index (χ3n) is 5.79. The van der Waals surface area contributed by atoms with Gasteiger partial charge in [-0.25, -0.2) is 0 Å². The molecular weight excluding hydrogens is 364 g/mol. The maximum Gasteiger partial charge on any atom is 0.280 e. The van der Waals surface area contributed by atoms with Crippen molar-refractivity contribution in [3.63, 3.8) is 0 Å².